The van der Waals surface area contributed by atoms with E-state index in [2.05, 4.69) is 10.3 Å². The molecule has 2 aromatic rings. The van der Waals surface area contributed by atoms with E-state index in [9.17, 15) is 9.90 Å². The maximum Gasteiger partial charge on any atom is 0.224 e. The van der Waals surface area contributed by atoms with Crippen molar-refractivity contribution in [2.75, 3.05) is 13.2 Å². The summed E-state index contributed by atoms with van der Waals surface area (Å²) in [6.07, 6.45) is 4.36. The van der Waals surface area contributed by atoms with Gasteiger partial charge >= 0.3 is 0 Å². The lowest BCUT2D eigenvalue weighted by molar-refractivity contribution is -0.120. The molecule has 2 N–H and O–H groups in total. The van der Waals surface area contributed by atoms with Crippen LogP contribution in [0.15, 0.2) is 42.7 Å². The normalized spacial score (nSPS) is 12.0. The SMILES string of the molecule is Cc1cc(CC(=O)NCC(CCO)c2ccncc2)ccc1Cl. The van der Waals surface area contributed by atoms with Crippen molar-refractivity contribution in [1.82, 2.24) is 10.3 Å². The van der Waals surface area contributed by atoms with Gasteiger partial charge in [0.15, 0.2) is 0 Å². The van der Waals surface area contributed by atoms with Gasteiger partial charge in [-0.1, -0.05) is 23.7 Å². The molecule has 1 aromatic carbocycles. The smallest absolute Gasteiger partial charge is 0.224 e. The van der Waals surface area contributed by atoms with Gasteiger partial charge in [0.05, 0.1) is 6.42 Å². The highest BCUT2D eigenvalue weighted by Gasteiger charge is 2.13. The van der Waals surface area contributed by atoms with E-state index >= 15 is 0 Å². The fourth-order valence-corrected chi connectivity index (χ4v) is 2.60. The topological polar surface area (TPSA) is 62.2 Å². The molecule has 0 saturated carbocycles. The summed E-state index contributed by atoms with van der Waals surface area (Å²) in [5.41, 5.74) is 2.97. The molecule has 4 nitrogen and oxygen atoms in total. The van der Waals surface area contributed by atoms with E-state index in [0.29, 0.717) is 24.4 Å². The van der Waals surface area contributed by atoms with Gasteiger partial charge in [0, 0.05) is 36.5 Å². The van der Waals surface area contributed by atoms with Crippen molar-refractivity contribution in [3.05, 3.63) is 64.4 Å². The Balaban J connectivity index is 1.92. The van der Waals surface area contributed by atoms with E-state index in [1.54, 1.807) is 12.4 Å². The number of rotatable bonds is 7. The molecule has 122 valence electrons. The van der Waals surface area contributed by atoms with Gasteiger partial charge in [0.25, 0.3) is 0 Å². The Morgan fingerprint density at radius 2 is 2.04 bits per heavy atom. The first-order valence-electron chi connectivity index (χ1n) is 7.62. The minimum Gasteiger partial charge on any atom is -0.396 e. The molecule has 1 atom stereocenters. The minimum atomic E-state index is -0.0382. The van der Waals surface area contributed by atoms with Crippen LogP contribution < -0.4 is 5.32 Å². The molecule has 0 saturated heterocycles. The molecule has 0 fully saturated rings. The van der Waals surface area contributed by atoms with Crippen molar-refractivity contribution in [3.8, 4) is 0 Å². The van der Waals surface area contributed by atoms with Crippen LogP contribution in [0.3, 0.4) is 0 Å². The molecule has 23 heavy (non-hydrogen) atoms. The van der Waals surface area contributed by atoms with Crippen LogP contribution in [0.4, 0.5) is 0 Å². The fourth-order valence-electron chi connectivity index (χ4n) is 2.48. The molecule has 0 aliphatic rings. The molecule has 5 heteroatoms. The number of aryl methyl sites for hydroxylation is 1. The summed E-state index contributed by atoms with van der Waals surface area (Å²) in [4.78, 5) is 16.1. The third kappa shape index (κ3) is 5.34. The second-order valence-corrected chi connectivity index (χ2v) is 5.96. The third-order valence-electron chi connectivity index (χ3n) is 3.79. The number of carbonyl (C=O) groups is 1. The van der Waals surface area contributed by atoms with Crippen molar-refractivity contribution in [3.63, 3.8) is 0 Å². The molecule has 0 spiro atoms. The summed E-state index contributed by atoms with van der Waals surface area (Å²) in [7, 11) is 0. The summed E-state index contributed by atoms with van der Waals surface area (Å²) in [6, 6.07) is 9.42. The first kappa shape index (κ1) is 17.4. The number of halogens is 1. The third-order valence-corrected chi connectivity index (χ3v) is 4.21. The van der Waals surface area contributed by atoms with Crippen LogP contribution in [0.25, 0.3) is 0 Å². The zero-order chi connectivity index (χ0) is 16.7. The molecular weight excluding hydrogens is 312 g/mol. The first-order valence-corrected chi connectivity index (χ1v) is 8.00. The van der Waals surface area contributed by atoms with E-state index in [4.69, 9.17) is 11.6 Å². The Bertz CT molecular complexity index is 647. The van der Waals surface area contributed by atoms with Gasteiger partial charge in [-0.2, -0.15) is 0 Å². The molecule has 0 aliphatic carbocycles. The second kappa shape index (κ2) is 8.65. The predicted molar refractivity (Wildman–Crippen MR) is 91.6 cm³/mol. The minimum absolute atomic E-state index is 0.0382. The number of aliphatic hydroxyl groups excluding tert-OH is 1. The molecule has 0 bridgehead atoms. The van der Waals surface area contributed by atoms with Crippen LogP contribution >= 0.6 is 11.6 Å². The predicted octanol–water partition coefficient (Wildman–Crippen LogP) is 2.87. The van der Waals surface area contributed by atoms with Crippen LogP contribution in [-0.2, 0) is 11.2 Å². The van der Waals surface area contributed by atoms with Gasteiger partial charge in [-0.05, 0) is 48.2 Å². The Kier molecular flexibility index (Phi) is 6.56. The molecule has 2 rings (SSSR count). The fraction of sp³-hybridized carbons (Fsp3) is 0.333. The van der Waals surface area contributed by atoms with Gasteiger partial charge in [0.2, 0.25) is 5.91 Å². The van der Waals surface area contributed by atoms with Gasteiger partial charge < -0.3 is 10.4 Å². The van der Waals surface area contributed by atoms with Crippen LogP contribution in [0, 0.1) is 6.92 Å². The quantitative estimate of drug-likeness (QED) is 0.819. The van der Waals surface area contributed by atoms with E-state index < -0.39 is 0 Å². The average Bonchev–Trinajstić information content (AvgIpc) is 2.56. The van der Waals surface area contributed by atoms with Crippen LogP contribution in [0.1, 0.15) is 29.0 Å². The number of benzene rings is 1. The van der Waals surface area contributed by atoms with E-state index in [0.717, 1.165) is 16.7 Å². The molecule has 1 aromatic heterocycles. The molecule has 1 unspecified atom stereocenters. The summed E-state index contributed by atoms with van der Waals surface area (Å²) in [6.45, 7) is 2.50. The molecule has 1 amide bonds. The van der Waals surface area contributed by atoms with Gasteiger partial charge in [-0.3, -0.25) is 9.78 Å². The molecular formula is C18H21ClN2O2. The van der Waals surface area contributed by atoms with Gasteiger partial charge in [-0.15, -0.1) is 0 Å². The maximum absolute atomic E-state index is 12.1. The van der Waals surface area contributed by atoms with E-state index in [-0.39, 0.29) is 18.4 Å². The van der Waals surface area contributed by atoms with Crippen molar-refractivity contribution >= 4 is 17.5 Å². The lowest BCUT2D eigenvalue weighted by atomic mass is 9.97. The lowest BCUT2D eigenvalue weighted by Gasteiger charge is -2.17. The number of pyridine rings is 1. The van der Waals surface area contributed by atoms with Crippen LogP contribution in [0.2, 0.25) is 5.02 Å². The van der Waals surface area contributed by atoms with E-state index in [1.165, 1.54) is 0 Å². The van der Waals surface area contributed by atoms with Crippen LogP contribution in [-0.4, -0.2) is 29.1 Å². The standard InChI is InChI=1S/C18H21ClN2O2/c1-13-10-14(2-3-17(13)19)11-18(23)21-12-16(6-9-22)15-4-7-20-8-5-15/h2-5,7-8,10,16,22H,6,9,11-12H2,1H3,(H,21,23). The molecule has 1 heterocycles. The summed E-state index contributed by atoms with van der Waals surface area (Å²) >= 11 is 5.99. The van der Waals surface area contributed by atoms with Crippen molar-refractivity contribution in [2.24, 2.45) is 0 Å². The highest BCUT2D eigenvalue weighted by Crippen LogP contribution is 2.18. The first-order chi connectivity index (χ1) is 11.1. The van der Waals surface area contributed by atoms with Gasteiger partial charge in [-0.25, -0.2) is 0 Å². The Hall–Kier alpha value is -1.91. The van der Waals surface area contributed by atoms with Crippen molar-refractivity contribution in [1.29, 1.82) is 0 Å². The Labute approximate surface area is 141 Å². The monoisotopic (exact) mass is 332 g/mol. The van der Waals surface area contributed by atoms with Crippen LogP contribution in [0.5, 0.6) is 0 Å². The van der Waals surface area contributed by atoms with Gasteiger partial charge in [0.1, 0.15) is 0 Å². The largest absolute Gasteiger partial charge is 0.396 e. The number of nitrogens with zero attached hydrogens (tertiary/aromatic N) is 1. The highest BCUT2D eigenvalue weighted by molar-refractivity contribution is 6.31. The summed E-state index contributed by atoms with van der Waals surface area (Å²) in [5, 5.41) is 12.9. The number of hydrogen-bond acceptors (Lipinski definition) is 3. The maximum atomic E-state index is 12.1. The lowest BCUT2D eigenvalue weighted by Crippen LogP contribution is -2.30. The average molecular weight is 333 g/mol. The Morgan fingerprint density at radius 1 is 1.30 bits per heavy atom. The number of carbonyl (C=O) groups excluding carboxylic acids is 1. The molecule has 0 aliphatic heterocycles. The number of amides is 1. The van der Waals surface area contributed by atoms with E-state index in [1.807, 2.05) is 37.3 Å². The zero-order valence-corrected chi connectivity index (χ0v) is 13.9. The summed E-state index contributed by atoms with van der Waals surface area (Å²) < 4.78 is 0. The Morgan fingerprint density at radius 3 is 2.70 bits per heavy atom. The summed E-state index contributed by atoms with van der Waals surface area (Å²) in [5.74, 6) is 0.0441. The highest BCUT2D eigenvalue weighted by atomic mass is 35.5. The van der Waals surface area contributed by atoms with Crippen molar-refractivity contribution in [2.45, 2.75) is 25.7 Å². The number of nitrogens with one attached hydrogen (secondary N) is 1. The second-order valence-electron chi connectivity index (χ2n) is 5.55. The van der Waals surface area contributed by atoms with Crippen molar-refractivity contribution < 1.29 is 9.90 Å². The number of hydrogen-bond donors (Lipinski definition) is 2. The molecule has 0 radical (unpaired) electrons. The number of aromatic nitrogens is 1. The number of aliphatic hydroxyl groups is 1. The zero-order valence-electron chi connectivity index (χ0n) is 13.1.